The average Bonchev–Trinajstić information content (AvgIpc) is 3.07. The SMILES string of the molecule is O=C(O)C1CC(O)CN1Cc1ccc(-c2ccccc2F)o1. The molecule has 0 amide bonds. The topological polar surface area (TPSA) is 73.9 Å². The van der Waals surface area contributed by atoms with E-state index in [2.05, 4.69) is 0 Å². The highest BCUT2D eigenvalue weighted by Crippen LogP contribution is 2.27. The third-order valence-electron chi connectivity index (χ3n) is 3.83. The summed E-state index contributed by atoms with van der Waals surface area (Å²) < 4.78 is 19.3. The number of carbonyl (C=O) groups is 1. The number of β-amino-alcohol motifs (C(OH)–C–C–N with tert-alkyl or cyclic N) is 1. The third kappa shape index (κ3) is 2.88. The Kier molecular flexibility index (Phi) is 3.96. The van der Waals surface area contributed by atoms with Crippen LogP contribution in [0.5, 0.6) is 0 Å². The van der Waals surface area contributed by atoms with Gasteiger partial charge in [-0.15, -0.1) is 0 Å². The molecule has 0 spiro atoms. The number of nitrogens with zero attached hydrogens (tertiary/aromatic N) is 1. The van der Waals surface area contributed by atoms with Crippen LogP contribution in [-0.2, 0) is 11.3 Å². The number of aliphatic hydroxyl groups is 1. The molecular formula is C16H16FNO4. The summed E-state index contributed by atoms with van der Waals surface area (Å²) in [5.74, 6) is -0.390. The fourth-order valence-corrected chi connectivity index (χ4v) is 2.78. The number of benzene rings is 1. The zero-order chi connectivity index (χ0) is 15.7. The molecular weight excluding hydrogens is 289 g/mol. The Hall–Kier alpha value is -2.18. The Morgan fingerprint density at radius 1 is 1.32 bits per heavy atom. The van der Waals surface area contributed by atoms with Crippen LogP contribution in [0, 0.1) is 5.82 Å². The molecule has 1 aliphatic heterocycles. The highest BCUT2D eigenvalue weighted by molar-refractivity contribution is 5.74. The van der Waals surface area contributed by atoms with E-state index in [1.807, 2.05) is 0 Å². The second-order valence-electron chi connectivity index (χ2n) is 5.42. The summed E-state index contributed by atoms with van der Waals surface area (Å²) in [4.78, 5) is 12.8. The molecule has 2 aromatic rings. The monoisotopic (exact) mass is 305 g/mol. The lowest BCUT2D eigenvalue weighted by molar-refractivity contribution is -0.142. The smallest absolute Gasteiger partial charge is 0.321 e. The number of hydrogen-bond donors (Lipinski definition) is 2. The van der Waals surface area contributed by atoms with Gasteiger partial charge < -0.3 is 14.6 Å². The minimum Gasteiger partial charge on any atom is -0.480 e. The Morgan fingerprint density at radius 3 is 2.82 bits per heavy atom. The molecule has 1 aromatic carbocycles. The van der Waals surface area contributed by atoms with Gasteiger partial charge in [0, 0.05) is 13.0 Å². The van der Waals surface area contributed by atoms with E-state index < -0.39 is 18.1 Å². The molecule has 1 saturated heterocycles. The minimum atomic E-state index is -0.961. The Bertz CT molecular complexity index is 684. The summed E-state index contributed by atoms with van der Waals surface area (Å²) in [6.07, 6.45) is -0.446. The van der Waals surface area contributed by atoms with Gasteiger partial charge in [-0.1, -0.05) is 12.1 Å². The molecule has 1 aliphatic rings. The summed E-state index contributed by atoms with van der Waals surface area (Å²) in [6, 6.07) is 8.94. The van der Waals surface area contributed by atoms with Crippen molar-refractivity contribution in [2.75, 3.05) is 6.54 Å². The van der Waals surface area contributed by atoms with Crippen molar-refractivity contribution < 1.29 is 23.8 Å². The number of halogens is 1. The molecule has 1 fully saturated rings. The van der Waals surface area contributed by atoms with Crippen LogP contribution in [0.15, 0.2) is 40.8 Å². The van der Waals surface area contributed by atoms with E-state index in [1.165, 1.54) is 6.07 Å². The van der Waals surface area contributed by atoms with Crippen LogP contribution in [0.1, 0.15) is 12.2 Å². The average molecular weight is 305 g/mol. The number of aliphatic hydroxyl groups excluding tert-OH is 1. The van der Waals surface area contributed by atoms with E-state index in [-0.39, 0.29) is 25.3 Å². The highest BCUT2D eigenvalue weighted by Gasteiger charge is 2.36. The van der Waals surface area contributed by atoms with Gasteiger partial charge in [-0.05, 0) is 24.3 Å². The first kappa shape index (κ1) is 14.7. The van der Waals surface area contributed by atoms with Gasteiger partial charge in [0.15, 0.2) is 0 Å². The summed E-state index contributed by atoms with van der Waals surface area (Å²) in [5.41, 5.74) is 0.366. The van der Waals surface area contributed by atoms with E-state index in [0.29, 0.717) is 17.1 Å². The molecule has 0 saturated carbocycles. The van der Waals surface area contributed by atoms with Gasteiger partial charge in [-0.3, -0.25) is 9.69 Å². The van der Waals surface area contributed by atoms with Crippen LogP contribution >= 0.6 is 0 Å². The van der Waals surface area contributed by atoms with Crippen molar-refractivity contribution in [1.29, 1.82) is 0 Å². The van der Waals surface area contributed by atoms with Crippen molar-refractivity contribution >= 4 is 5.97 Å². The second-order valence-corrected chi connectivity index (χ2v) is 5.42. The molecule has 6 heteroatoms. The fraction of sp³-hybridized carbons (Fsp3) is 0.312. The fourth-order valence-electron chi connectivity index (χ4n) is 2.78. The van der Waals surface area contributed by atoms with Gasteiger partial charge in [-0.2, -0.15) is 0 Å². The van der Waals surface area contributed by atoms with E-state index in [1.54, 1.807) is 35.2 Å². The molecule has 3 rings (SSSR count). The lowest BCUT2D eigenvalue weighted by Crippen LogP contribution is -2.35. The van der Waals surface area contributed by atoms with Crippen LogP contribution in [0.2, 0.25) is 0 Å². The van der Waals surface area contributed by atoms with Gasteiger partial charge in [-0.25, -0.2) is 4.39 Å². The minimum absolute atomic E-state index is 0.205. The zero-order valence-electron chi connectivity index (χ0n) is 11.8. The van der Waals surface area contributed by atoms with Crippen molar-refractivity contribution in [1.82, 2.24) is 4.90 Å². The summed E-state index contributed by atoms with van der Waals surface area (Å²) >= 11 is 0. The number of hydrogen-bond acceptors (Lipinski definition) is 4. The standard InChI is InChI=1S/C16H16FNO4/c17-13-4-2-1-3-12(13)15-6-5-11(22-15)9-18-8-10(19)7-14(18)16(20)21/h1-6,10,14,19H,7-9H2,(H,20,21). The first-order valence-corrected chi connectivity index (χ1v) is 7.03. The summed E-state index contributed by atoms with van der Waals surface area (Å²) in [7, 11) is 0. The van der Waals surface area contributed by atoms with E-state index >= 15 is 0 Å². The Morgan fingerprint density at radius 2 is 2.09 bits per heavy atom. The lowest BCUT2D eigenvalue weighted by Gasteiger charge is -2.19. The van der Waals surface area contributed by atoms with Gasteiger partial charge in [0.05, 0.1) is 18.2 Å². The van der Waals surface area contributed by atoms with E-state index in [4.69, 9.17) is 9.52 Å². The molecule has 22 heavy (non-hydrogen) atoms. The van der Waals surface area contributed by atoms with Crippen LogP contribution in [-0.4, -0.2) is 39.8 Å². The number of likely N-dealkylation sites (tertiary alicyclic amines) is 1. The molecule has 2 N–H and O–H groups in total. The molecule has 2 heterocycles. The van der Waals surface area contributed by atoms with Crippen molar-refractivity contribution in [3.05, 3.63) is 48.0 Å². The Balaban J connectivity index is 1.77. The summed E-state index contributed by atoms with van der Waals surface area (Å²) in [6.45, 7) is 0.551. The highest BCUT2D eigenvalue weighted by atomic mass is 19.1. The van der Waals surface area contributed by atoms with Crippen molar-refractivity contribution in [3.63, 3.8) is 0 Å². The number of carboxylic acid groups (broad SMARTS) is 1. The second kappa shape index (κ2) is 5.90. The van der Waals surface area contributed by atoms with Crippen LogP contribution in [0.3, 0.4) is 0 Å². The largest absolute Gasteiger partial charge is 0.480 e. The number of carboxylic acids is 1. The number of aliphatic carboxylic acids is 1. The van der Waals surface area contributed by atoms with Crippen LogP contribution in [0.4, 0.5) is 4.39 Å². The molecule has 5 nitrogen and oxygen atoms in total. The van der Waals surface area contributed by atoms with Crippen LogP contribution in [0.25, 0.3) is 11.3 Å². The van der Waals surface area contributed by atoms with Crippen molar-refractivity contribution in [2.45, 2.75) is 25.1 Å². The molecule has 116 valence electrons. The predicted octanol–water partition coefficient (Wildman–Crippen LogP) is 2.11. The maximum atomic E-state index is 13.7. The van der Waals surface area contributed by atoms with E-state index in [0.717, 1.165) is 0 Å². The van der Waals surface area contributed by atoms with Gasteiger partial charge >= 0.3 is 5.97 Å². The molecule has 0 aliphatic carbocycles. The molecule has 1 aromatic heterocycles. The lowest BCUT2D eigenvalue weighted by atomic mass is 10.1. The number of rotatable bonds is 4. The molecule has 2 atom stereocenters. The van der Waals surface area contributed by atoms with Gasteiger partial charge in [0.2, 0.25) is 0 Å². The van der Waals surface area contributed by atoms with Crippen LogP contribution < -0.4 is 0 Å². The van der Waals surface area contributed by atoms with E-state index in [9.17, 15) is 14.3 Å². The predicted molar refractivity (Wildman–Crippen MR) is 76.6 cm³/mol. The van der Waals surface area contributed by atoms with Gasteiger partial charge in [0.1, 0.15) is 23.4 Å². The van der Waals surface area contributed by atoms with Crippen molar-refractivity contribution in [3.8, 4) is 11.3 Å². The van der Waals surface area contributed by atoms with Crippen molar-refractivity contribution in [2.24, 2.45) is 0 Å². The maximum Gasteiger partial charge on any atom is 0.321 e. The quantitative estimate of drug-likeness (QED) is 0.905. The first-order chi connectivity index (χ1) is 10.5. The normalized spacial score (nSPS) is 22.1. The first-order valence-electron chi connectivity index (χ1n) is 7.03. The molecule has 2 unspecified atom stereocenters. The number of furan rings is 1. The molecule has 0 bridgehead atoms. The maximum absolute atomic E-state index is 13.7. The Labute approximate surface area is 126 Å². The van der Waals surface area contributed by atoms with Gasteiger partial charge in [0.25, 0.3) is 0 Å². The molecule has 0 radical (unpaired) electrons. The third-order valence-corrected chi connectivity index (χ3v) is 3.83. The summed E-state index contributed by atoms with van der Waals surface area (Å²) in [5, 5.41) is 18.8. The zero-order valence-corrected chi connectivity index (χ0v) is 11.8.